The van der Waals surface area contributed by atoms with Crippen molar-refractivity contribution < 1.29 is 19.1 Å². The number of nitrogens with one attached hydrogen (secondary N) is 1. The largest absolute Gasteiger partial charge is 0.379 e. The first-order valence-electron chi connectivity index (χ1n) is 5.06. The number of hydrogen-bond acceptors (Lipinski definition) is 6. The summed E-state index contributed by atoms with van der Waals surface area (Å²) in [4.78, 5) is 17.6. The number of amides is 1. The molecule has 17 heavy (non-hydrogen) atoms. The quantitative estimate of drug-likeness (QED) is 0.164. The van der Waals surface area contributed by atoms with Crippen LogP contribution in [0.1, 0.15) is 0 Å². The van der Waals surface area contributed by atoms with Gasteiger partial charge in [-0.3, -0.25) is 9.63 Å². The highest BCUT2D eigenvalue weighted by Crippen LogP contribution is 1.80. The van der Waals surface area contributed by atoms with Gasteiger partial charge in [-0.2, -0.15) is 0 Å². The van der Waals surface area contributed by atoms with Crippen LogP contribution < -0.4 is 11.2 Å². The monoisotopic (exact) mass is 247 g/mol. The molecule has 0 atom stereocenters. The van der Waals surface area contributed by atoms with Crippen LogP contribution in [-0.4, -0.2) is 52.0 Å². The Labute approximate surface area is 98.8 Å². The Morgan fingerprint density at radius 2 is 2.00 bits per heavy atom. The van der Waals surface area contributed by atoms with Crippen molar-refractivity contribution in [3.8, 4) is 0 Å². The predicted octanol–water partition coefficient (Wildman–Crippen LogP) is -0.664. The zero-order chi connectivity index (χ0) is 12.8. The van der Waals surface area contributed by atoms with E-state index in [1.165, 1.54) is 0 Å². The van der Waals surface area contributed by atoms with Gasteiger partial charge < -0.3 is 14.8 Å². The summed E-state index contributed by atoms with van der Waals surface area (Å²) in [5, 5.41) is 5.84. The van der Waals surface area contributed by atoms with E-state index in [2.05, 4.69) is 20.2 Å². The summed E-state index contributed by atoms with van der Waals surface area (Å²) >= 11 is 0. The van der Waals surface area contributed by atoms with Gasteiger partial charge in [-0.15, -0.1) is 0 Å². The van der Waals surface area contributed by atoms with Gasteiger partial charge in [-0.05, 0) is 5.53 Å². The maximum Gasteiger partial charge on any atom is 0.248 e. The molecule has 0 aliphatic carbocycles. The molecule has 0 radical (unpaired) electrons. The molecule has 1 amide bonds. The van der Waals surface area contributed by atoms with E-state index in [4.69, 9.17) is 20.9 Å². The van der Waals surface area contributed by atoms with E-state index in [0.717, 1.165) is 0 Å². The predicted molar refractivity (Wildman–Crippen MR) is 58.8 cm³/mol. The van der Waals surface area contributed by atoms with Crippen LogP contribution in [0.2, 0.25) is 0 Å². The van der Waals surface area contributed by atoms with Crippen LogP contribution in [0.15, 0.2) is 5.11 Å². The lowest BCUT2D eigenvalue weighted by Gasteiger charge is -2.06. The van der Waals surface area contributed by atoms with E-state index in [1.54, 1.807) is 0 Å². The van der Waals surface area contributed by atoms with Gasteiger partial charge in [-0.1, -0.05) is 5.11 Å². The third-order valence-corrected chi connectivity index (χ3v) is 1.55. The van der Waals surface area contributed by atoms with Gasteiger partial charge in [0.15, 0.2) is 0 Å². The first kappa shape index (κ1) is 15.6. The molecule has 0 aromatic carbocycles. The summed E-state index contributed by atoms with van der Waals surface area (Å²) < 4.78 is 10.2. The van der Waals surface area contributed by atoms with Crippen LogP contribution in [0.5, 0.6) is 0 Å². The Bertz CT molecular complexity index is 244. The number of rotatable bonds is 11. The minimum absolute atomic E-state index is 0.164. The zero-order valence-corrected chi connectivity index (χ0v) is 9.50. The highest BCUT2D eigenvalue weighted by Gasteiger charge is 1.98. The zero-order valence-electron chi connectivity index (χ0n) is 9.50. The van der Waals surface area contributed by atoms with E-state index < -0.39 is 0 Å². The molecule has 9 heteroatoms. The SMILES string of the molecule is [N-]=[N+]=NCCOCCOCCNC(=O)CON. The van der Waals surface area contributed by atoms with Crippen LogP contribution in [0.4, 0.5) is 0 Å². The second-order valence-electron chi connectivity index (χ2n) is 2.84. The molecule has 0 heterocycles. The van der Waals surface area contributed by atoms with Crippen LogP contribution in [0.3, 0.4) is 0 Å². The molecule has 0 saturated heterocycles. The van der Waals surface area contributed by atoms with Gasteiger partial charge in [0.25, 0.3) is 0 Å². The molecule has 0 bridgehead atoms. The maximum absolute atomic E-state index is 10.8. The summed E-state index contributed by atoms with van der Waals surface area (Å²) in [6.45, 7) is 2.13. The molecule has 0 aromatic heterocycles. The summed E-state index contributed by atoms with van der Waals surface area (Å²) in [7, 11) is 0. The second kappa shape index (κ2) is 12.7. The Morgan fingerprint density at radius 1 is 1.29 bits per heavy atom. The molecule has 98 valence electrons. The van der Waals surface area contributed by atoms with Crippen molar-refractivity contribution in [2.24, 2.45) is 11.0 Å². The molecule has 0 aromatic rings. The van der Waals surface area contributed by atoms with Crippen molar-refractivity contribution in [2.75, 3.05) is 46.1 Å². The summed E-state index contributed by atoms with van der Waals surface area (Å²) in [6.07, 6.45) is 0. The fourth-order valence-electron chi connectivity index (χ4n) is 0.861. The van der Waals surface area contributed by atoms with Gasteiger partial charge in [0.05, 0.1) is 26.4 Å². The molecule has 0 aliphatic heterocycles. The van der Waals surface area contributed by atoms with E-state index in [0.29, 0.717) is 39.5 Å². The first-order chi connectivity index (χ1) is 8.31. The third kappa shape index (κ3) is 12.6. The topological polar surface area (TPSA) is 132 Å². The lowest BCUT2D eigenvalue weighted by Crippen LogP contribution is -2.31. The van der Waals surface area contributed by atoms with Crippen LogP contribution >= 0.6 is 0 Å². The van der Waals surface area contributed by atoms with Crippen LogP contribution in [0, 0.1) is 0 Å². The number of azide groups is 1. The van der Waals surface area contributed by atoms with Crippen molar-refractivity contribution in [1.82, 2.24) is 5.32 Å². The van der Waals surface area contributed by atoms with E-state index in [-0.39, 0.29) is 12.5 Å². The van der Waals surface area contributed by atoms with Crippen LogP contribution in [-0.2, 0) is 19.1 Å². The fraction of sp³-hybridized carbons (Fsp3) is 0.875. The van der Waals surface area contributed by atoms with Gasteiger partial charge in [0.1, 0.15) is 6.61 Å². The van der Waals surface area contributed by atoms with Crippen molar-refractivity contribution in [3.63, 3.8) is 0 Å². The molecule has 0 aliphatic rings. The second-order valence-corrected chi connectivity index (χ2v) is 2.84. The lowest BCUT2D eigenvalue weighted by molar-refractivity contribution is -0.126. The van der Waals surface area contributed by atoms with Crippen molar-refractivity contribution in [1.29, 1.82) is 0 Å². The highest BCUT2D eigenvalue weighted by molar-refractivity contribution is 5.77. The number of hydrogen-bond donors (Lipinski definition) is 2. The minimum Gasteiger partial charge on any atom is -0.379 e. The normalized spacial score (nSPS) is 9.71. The molecule has 0 rings (SSSR count). The minimum atomic E-state index is -0.290. The summed E-state index contributed by atoms with van der Waals surface area (Å²) in [6, 6.07) is 0. The van der Waals surface area contributed by atoms with Crippen molar-refractivity contribution >= 4 is 5.91 Å². The first-order valence-corrected chi connectivity index (χ1v) is 5.06. The number of ether oxygens (including phenoxy) is 2. The van der Waals surface area contributed by atoms with Crippen molar-refractivity contribution in [2.45, 2.75) is 0 Å². The molecular formula is C8H17N5O4. The summed E-state index contributed by atoms with van der Waals surface area (Å²) in [5.41, 5.74) is 7.98. The molecule has 9 nitrogen and oxygen atoms in total. The van der Waals surface area contributed by atoms with E-state index in [9.17, 15) is 4.79 Å². The summed E-state index contributed by atoms with van der Waals surface area (Å²) in [5.74, 6) is 4.42. The molecule has 0 unspecified atom stereocenters. The number of nitrogens with zero attached hydrogens (tertiary/aromatic N) is 3. The van der Waals surface area contributed by atoms with Gasteiger partial charge in [0, 0.05) is 18.0 Å². The van der Waals surface area contributed by atoms with Crippen molar-refractivity contribution in [3.05, 3.63) is 10.4 Å². The van der Waals surface area contributed by atoms with Gasteiger partial charge in [-0.25, -0.2) is 5.90 Å². The van der Waals surface area contributed by atoms with Gasteiger partial charge >= 0.3 is 0 Å². The highest BCUT2D eigenvalue weighted by atomic mass is 16.6. The average Bonchev–Trinajstić information content (AvgIpc) is 2.32. The smallest absolute Gasteiger partial charge is 0.248 e. The molecule has 0 saturated carbocycles. The Morgan fingerprint density at radius 3 is 2.65 bits per heavy atom. The Hall–Kier alpha value is -1.38. The van der Waals surface area contributed by atoms with E-state index >= 15 is 0 Å². The number of carbonyl (C=O) groups is 1. The lowest BCUT2D eigenvalue weighted by atomic mass is 10.6. The Kier molecular flexibility index (Phi) is 11.7. The standard InChI is InChI=1S/C8H17N5O4/c9-13-12-2-4-16-6-5-15-3-1-11-8(14)7-17-10/h1-7,10H2,(H,11,14). The van der Waals surface area contributed by atoms with Gasteiger partial charge in [0.2, 0.25) is 5.91 Å². The van der Waals surface area contributed by atoms with Crippen LogP contribution in [0.25, 0.3) is 10.4 Å². The third-order valence-electron chi connectivity index (χ3n) is 1.55. The fourth-order valence-corrected chi connectivity index (χ4v) is 0.861. The average molecular weight is 247 g/mol. The molecule has 3 N–H and O–H groups in total. The number of carbonyl (C=O) groups excluding carboxylic acids is 1. The Balaban J connectivity index is 3.08. The number of nitrogens with two attached hydrogens (primary N) is 1. The molecule has 0 spiro atoms. The molecule has 0 fully saturated rings. The van der Waals surface area contributed by atoms with E-state index in [1.807, 2.05) is 0 Å². The molecular weight excluding hydrogens is 230 g/mol. The maximum atomic E-state index is 10.8.